The van der Waals surface area contributed by atoms with Crippen molar-refractivity contribution in [3.8, 4) is 5.88 Å². The van der Waals surface area contributed by atoms with Gasteiger partial charge >= 0.3 is 0 Å². The lowest BCUT2D eigenvalue weighted by atomic mass is 10.3. The van der Waals surface area contributed by atoms with Crippen molar-refractivity contribution in [2.75, 3.05) is 37.8 Å². The van der Waals surface area contributed by atoms with Gasteiger partial charge in [0.15, 0.2) is 5.82 Å². The molecule has 1 aromatic heterocycles. The van der Waals surface area contributed by atoms with Gasteiger partial charge in [-0.2, -0.15) is 4.98 Å². The summed E-state index contributed by atoms with van der Waals surface area (Å²) in [6, 6.07) is 3.85. The van der Waals surface area contributed by atoms with E-state index in [2.05, 4.69) is 36.0 Å². The predicted octanol–water partition coefficient (Wildman–Crippen LogP) is 1.81. The molecule has 0 aliphatic heterocycles. The smallest absolute Gasteiger partial charge is 0.215 e. The van der Waals surface area contributed by atoms with Crippen molar-refractivity contribution in [1.29, 1.82) is 0 Å². The van der Waals surface area contributed by atoms with Crippen LogP contribution in [-0.4, -0.2) is 42.7 Å². The van der Waals surface area contributed by atoms with Crippen molar-refractivity contribution in [1.82, 2.24) is 9.88 Å². The van der Waals surface area contributed by atoms with E-state index in [1.165, 1.54) is 0 Å². The van der Waals surface area contributed by atoms with Gasteiger partial charge in [0.1, 0.15) is 0 Å². The molecule has 1 aromatic rings. The first kappa shape index (κ1) is 14.6. The number of hydrogen-bond acceptors (Lipinski definition) is 5. The number of pyridine rings is 1. The summed E-state index contributed by atoms with van der Waals surface area (Å²) in [4.78, 5) is 6.67. The highest BCUT2D eigenvalue weighted by molar-refractivity contribution is 5.62. The lowest BCUT2D eigenvalue weighted by Crippen LogP contribution is -2.35. The molecule has 5 heteroatoms. The van der Waals surface area contributed by atoms with Crippen LogP contribution < -0.4 is 15.8 Å². The lowest BCUT2D eigenvalue weighted by Gasteiger charge is -2.24. The molecule has 0 aliphatic carbocycles. The van der Waals surface area contributed by atoms with E-state index < -0.39 is 0 Å². The predicted molar refractivity (Wildman–Crippen MR) is 76.1 cm³/mol. The zero-order valence-corrected chi connectivity index (χ0v) is 11.7. The molecule has 0 spiro atoms. The van der Waals surface area contributed by atoms with Crippen molar-refractivity contribution < 1.29 is 4.74 Å². The van der Waals surface area contributed by atoms with Crippen molar-refractivity contribution in [3.05, 3.63) is 12.1 Å². The van der Waals surface area contributed by atoms with Gasteiger partial charge in [-0.1, -0.05) is 13.8 Å². The van der Waals surface area contributed by atoms with Gasteiger partial charge in [0.2, 0.25) is 5.88 Å². The second-order valence-electron chi connectivity index (χ2n) is 4.32. The fourth-order valence-corrected chi connectivity index (χ4v) is 1.83. The number of ether oxygens (including phenoxy) is 1. The van der Waals surface area contributed by atoms with Gasteiger partial charge in [-0.25, -0.2) is 0 Å². The average molecular weight is 252 g/mol. The molecule has 3 N–H and O–H groups in total. The number of hydrogen-bond donors (Lipinski definition) is 2. The van der Waals surface area contributed by atoms with Crippen LogP contribution in [0.2, 0.25) is 0 Å². The molecule has 0 amide bonds. The maximum atomic E-state index is 5.89. The van der Waals surface area contributed by atoms with Gasteiger partial charge < -0.3 is 20.7 Å². The van der Waals surface area contributed by atoms with E-state index in [0.717, 1.165) is 19.6 Å². The first-order chi connectivity index (χ1) is 8.60. The van der Waals surface area contributed by atoms with Crippen molar-refractivity contribution in [2.45, 2.75) is 26.8 Å². The number of anilines is 2. The minimum atomic E-state index is 0.284. The number of rotatable bonds is 7. The third-order valence-electron chi connectivity index (χ3n) is 2.92. The topological polar surface area (TPSA) is 63.4 Å². The first-order valence-electron chi connectivity index (χ1n) is 6.40. The summed E-state index contributed by atoms with van der Waals surface area (Å²) in [5.41, 5.74) is 6.54. The Hall–Kier alpha value is -1.49. The highest BCUT2D eigenvalue weighted by atomic mass is 16.5. The number of likely N-dealkylation sites (N-methyl/N-ethyl adjacent to an activating group) is 1. The standard InChI is InChI=1S/C13H24N4O/c1-5-17(6-2)9-10(3)15-13-11(14)7-8-12(16-13)18-4/h7-8,10H,5-6,9,14H2,1-4H3,(H,15,16). The maximum Gasteiger partial charge on any atom is 0.215 e. The molecule has 0 saturated carbocycles. The molecule has 1 heterocycles. The molecule has 0 saturated heterocycles. The Morgan fingerprint density at radius 2 is 2.06 bits per heavy atom. The average Bonchev–Trinajstić information content (AvgIpc) is 2.38. The Labute approximate surface area is 109 Å². The largest absolute Gasteiger partial charge is 0.481 e. The molecule has 0 fully saturated rings. The second-order valence-corrected chi connectivity index (χ2v) is 4.32. The van der Waals surface area contributed by atoms with Gasteiger partial charge in [0.25, 0.3) is 0 Å². The van der Waals surface area contributed by atoms with Gasteiger partial charge in [-0.3, -0.25) is 0 Å². The van der Waals surface area contributed by atoms with Crippen LogP contribution in [0.1, 0.15) is 20.8 Å². The number of nitrogen functional groups attached to an aromatic ring is 1. The highest BCUT2D eigenvalue weighted by Gasteiger charge is 2.10. The Kier molecular flexibility index (Phi) is 5.71. The van der Waals surface area contributed by atoms with E-state index in [1.54, 1.807) is 19.2 Å². The minimum Gasteiger partial charge on any atom is -0.481 e. The summed E-state index contributed by atoms with van der Waals surface area (Å²) in [6.45, 7) is 9.50. The molecular weight excluding hydrogens is 228 g/mol. The van der Waals surface area contributed by atoms with Gasteiger partial charge in [-0.15, -0.1) is 0 Å². The second kappa shape index (κ2) is 7.06. The van der Waals surface area contributed by atoms with Crippen LogP contribution in [0.5, 0.6) is 5.88 Å². The molecule has 1 rings (SSSR count). The van der Waals surface area contributed by atoms with E-state index in [-0.39, 0.29) is 6.04 Å². The molecule has 5 nitrogen and oxygen atoms in total. The molecule has 1 unspecified atom stereocenters. The van der Waals surface area contributed by atoms with E-state index in [9.17, 15) is 0 Å². The van der Waals surface area contributed by atoms with Crippen LogP contribution in [0.15, 0.2) is 12.1 Å². The van der Waals surface area contributed by atoms with E-state index in [1.807, 2.05) is 0 Å². The number of nitrogens with one attached hydrogen (secondary N) is 1. The SMILES string of the molecule is CCN(CC)CC(C)Nc1nc(OC)ccc1N. The Balaban J connectivity index is 2.65. The monoisotopic (exact) mass is 252 g/mol. The molecular formula is C13H24N4O. The Bertz CT molecular complexity index is 366. The quantitative estimate of drug-likeness (QED) is 0.775. The van der Waals surface area contributed by atoms with Crippen LogP contribution in [0.4, 0.5) is 11.5 Å². The van der Waals surface area contributed by atoms with Crippen LogP contribution in [0.3, 0.4) is 0 Å². The summed E-state index contributed by atoms with van der Waals surface area (Å²) < 4.78 is 5.10. The number of aromatic nitrogens is 1. The van der Waals surface area contributed by atoms with Crippen molar-refractivity contribution in [3.63, 3.8) is 0 Å². The molecule has 0 radical (unpaired) electrons. The number of methoxy groups -OCH3 is 1. The summed E-state index contributed by atoms with van der Waals surface area (Å²) >= 11 is 0. The zero-order chi connectivity index (χ0) is 13.5. The summed E-state index contributed by atoms with van der Waals surface area (Å²) in [5, 5.41) is 3.33. The molecule has 18 heavy (non-hydrogen) atoms. The molecule has 0 bridgehead atoms. The normalized spacial score (nSPS) is 12.5. The third kappa shape index (κ3) is 4.07. The van der Waals surface area contributed by atoms with E-state index in [0.29, 0.717) is 17.4 Å². The maximum absolute atomic E-state index is 5.89. The van der Waals surface area contributed by atoms with Crippen LogP contribution in [0.25, 0.3) is 0 Å². The number of nitrogens with two attached hydrogens (primary N) is 1. The summed E-state index contributed by atoms with van der Waals surface area (Å²) in [5.74, 6) is 1.26. The summed E-state index contributed by atoms with van der Waals surface area (Å²) in [6.07, 6.45) is 0. The fraction of sp³-hybridized carbons (Fsp3) is 0.615. The van der Waals surface area contributed by atoms with Gasteiger partial charge in [0.05, 0.1) is 12.8 Å². The minimum absolute atomic E-state index is 0.284. The molecule has 0 aromatic carbocycles. The zero-order valence-electron chi connectivity index (χ0n) is 11.7. The van der Waals surface area contributed by atoms with Gasteiger partial charge in [-0.05, 0) is 26.1 Å². The van der Waals surface area contributed by atoms with E-state index >= 15 is 0 Å². The lowest BCUT2D eigenvalue weighted by molar-refractivity contribution is 0.294. The van der Waals surface area contributed by atoms with Crippen LogP contribution in [0, 0.1) is 0 Å². The number of nitrogens with zero attached hydrogens (tertiary/aromatic N) is 2. The van der Waals surface area contributed by atoms with Crippen molar-refractivity contribution >= 4 is 11.5 Å². The Morgan fingerprint density at radius 3 is 2.61 bits per heavy atom. The Morgan fingerprint density at radius 1 is 1.39 bits per heavy atom. The van der Waals surface area contributed by atoms with Crippen molar-refractivity contribution in [2.24, 2.45) is 0 Å². The third-order valence-corrected chi connectivity index (χ3v) is 2.92. The highest BCUT2D eigenvalue weighted by Crippen LogP contribution is 2.20. The molecule has 1 atom stereocenters. The molecule has 0 aliphatic rings. The molecule has 102 valence electrons. The van der Waals surface area contributed by atoms with Gasteiger partial charge in [0, 0.05) is 18.7 Å². The fourth-order valence-electron chi connectivity index (χ4n) is 1.83. The summed E-state index contributed by atoms with van der Waals surface area (Å²) in [7, 11) is 1.60. The van der Waals surface area contributed by atoms with Crippen LogP contribution >= 0.6 is 0 Å². The van der Waals surface area contributed by atoms with E-state index in [4.69, 9.17) is 10.5 Å². The first-order valence-corrected chi connectivity index (χ1v) is 6.40. The van der Waals surface area contributed by atoms with Crippen LogP contribution in [-0.2, 0) is 0 Å².